The first-order valence-electron chi connectivity index (χ1n) is 11.1. The van der Waals surface area contributed by atoms with Crippen LogP contribution in [0.4, 0.5) is 18.9 Å². The molecule has 0 atom stereocenters. The first kappa shape index (κ1) is 24.9. The Morgan fingerprint density at radius 3 is 2.51 bits per heavy atom. The fourth-order valence-corrected chi connectivity index (χ4v) is 5.62. The van der Waals surface area contributed by atoms with E-state index in [-0.39, 0.29) is 29.6 Å². The van der Waals surface area contributed by atoms with Gasteiger partial charge in [-0.05, 0) is 54.4 Å². The van der Waals surface area contributed by atoms with Crippen molar-refractivity contribution in [3.05, 3.63) is 82.8 Å². The number of ether oxygens (including phenoxy) is 1. The molecule has 13 heteroatoms. The first-order valence-corrected chi connectivity index (χ1v) is 12.8. The minimum Gasteiger partial charge on any atom is -0.406 e. The molecular weight excluding hydrogens is 513 g/mol. The van der Waals surface area contributed by atoms with Gasteiger partial charge in [0.2, 0.25) is 5.82 Å². The van der Waals surface area contributed by atoms with Crippen LogP contribution in [0.5, 0.6) is 5.75 Å². The summed E-state index contributed by atoms with van der Waals surface area (Å²) in [5.74, 6) is 0.241. The zero-order valence-electron chi connectivity index (χ0n) is 19.1. The van der Waals surface area contributed by atoms with Gasteiger partial charge in [0.15, 0.2) is 0 Å². The fraction of sp³-hybridized carbons (Fsp3) is 0.208. The Labute approximate surface area is 210 Å². The summed E-state index contributed by atoms with van der Waals surface area (Å²) in [5.41, 5.74) is 2.08. The molecule has 4 aromatic rings. The standard InChI is InChI=1S/C24H21F3N4O5S/c25-24(26,27)35-20-8-5-17(6-9-20)22-28-23(36-29-22)18-7-10-21(32)30(15-18)14-16-3-1-4-19(13-16)31-11-2-12-37(31,33)34/h1,3-10,13,15,33-34H,2,11-12,14H2. The molecule has 0 aliphatic carbocycles. The Hall–Kier alpha value is -3.81. The summed E-state index contributed by atoms with van der Waals surface area (Å²) >= 11 is 0. The zero-order chi connectivity index (χ0) is 26.2. The first-order chi connectivity index (χ1) is 17.6. The normalized spacial score (nSPS) is 16.1. The van der Waals surface area contributed by atoms with Gasteiger partial charge in [0.05, 0.1) is 23.5 Å². The largest absolute Gasteiger partial charge is 0.573 e. The van der Waals surface area contributed by atoms with E-state index in [0.29, 0.717) is 35.5 Å². The van der Waals surface area contributed by atoms with Gasteiger partial charge in [-0.1, -0.05) is 17.3 Å². The zero-order valence-corrected chi connectivity index (χ0v) is 19.9. The molecule has 0 bridgehead atoms. The smallest absolute Gasteiger partial charge is 0.406 e. The molecular formula is C24H21F3N4O5S. The average Bonchev–Trinajstić information content (AvgIpc) is 3.47. The third-order valence-corrected chi connectivity index (χ3v) is 7.62. The highest BCUT2D eigenvalue weighted by Gasteiger charge is 2.31. The predicted octanol–water partition coefficient (Wildman–Crippen LogP) is 5.39. The van der Waals surface area contributed by atoms with Crippen LogP contribution in [0, 0.1) is 0 Å². The predicted molar refractivity (Wildman–Crippen MR) is 131 cm³/mol. The van der Waals surface area contributed by atoms with Gasteiger partial charge in [-0.3, -0.25) is 18.2 Å². The molecule has 194 valence electrons. The van der Waals surface area contributed by atoms with Crippen molar-refractivity contribution in [2.75, 3.05) is 16.6 Å². The van der Waals surface area contributed by atoms with Crippen LogP contribution in [0.25, 0.3) is 22.8 Å². The Balaban J connectivity index is 1.36. The number of rotatable bonds is 6. The highest BCUT2D eigenvalue weighted by molar-refractivity contribution is 8.25. The Kier molecular flexibility index (Phi) is 6.43. The second-order valence-electron chi connectivity index (χ2n) is 8.34. The quantitative estimate of drug-likeness (QED) is 0.339. The lowest BCUT2D eigenvalue weighted by Crippen LogP contribution is -2.22. The molecule has 5 rings (SSSR count). The van der Waals surface area contributed by atoms with E-state index < -0.39 is 17.1 Å². The van der Waals surface area contributed by atoms with E-state index in [0.717, 1.165) is 17.7 Å². The molecule has 37 heavy (non-hydrogen) atoms. The molecule has 0 unspecified atom stereocenters. The van der Waals surface area contributed by atoms with Gasteiger partial charge in [0.25, 0.3) is 11.4 Å². The highest BCUT2D eigenvalue weighted by atomic mass is 32.3. The number of hydrogen-bond donors (Lipinski definition) is 2. The van der Waals surface area contributed by atoms with Crippen molar-refractivity contribution in [3.63, 3.8) is 0 Å². The molecule has 2 N–H and O–H groups in total. The minimum absolute atomic E-state index is 0.124. The second-order valence-corrected chi connectivity index (χ2v) is 10.5. The van der Waals surface area contributed by atoms with E-state index in [9.17, 15) is 27.1 Å². The summed E-state index contributed by atoms with van der Waals surface area (Å²) in [5, 5.41) is 3.89. The number of aromatic nitrogens is 3. The van der Waals surface area contributed by atoms with Crippen LogP contribution in [0.3, 0.4) is 0 Å². The molecule has 1 aliphatic heterocycles. The van der Waals surface area contributed by atoms with Crippen molar-refractivity contribution >= 4 is 16.5 Å². The average molecular weight is 535 g/mol. The second kappa shape index (κ2) is 9.57. The molecule has 1 saturated heterocycles. The van der Waals surface area contributed by atoms with Crippen molar-refractivity contribution in [2.24, 2.45) is 0 Å². The van der Waals surface area contributed by atoms with E-state index in [2.05, 4.69) is 14.9 Å². The molecule has 0 amide bonds. The molecule has 2 aromatic carbocycles. The number of halogens is 3. The maximum Gasteiger partial charge on any atom is 0.573 e. The highest BCUT2D eigenvalue weighted by Crippen LogP contribution is 2.50. The van der Waals surface area contributed by atoms with E-state index in [1.807, 2.05) is 12.1 Å². The van der Waals surface area contributed by atoms with Crippen LogP contribution in [0.15, 0.2) is 76.2 Å². The monoisotopic (exact) mass is 534 g/mol. The summed E-state index contributed by atoms with van der Waals surface area (Å²) in [7, 11) is -2.83. The Morgan fingerprint density at radius 2 is 1.81 bits per heavy atom. The van der Waals surface area contributed by atoms with Gasteiger partial charge in [0.1, 0.15) is 5.75 Å². The summed E-state index contributed by atoms with van der Waals surface area (Å²) in [4.78, 5) is 16.8. The fourth-order valence-electron chi connectivity index (χ4n) is 4.01. The number of hydrogen-bond acceptors (Lipinski definition) is 8. The third kappa shape index (κ3) is 5.63. The van der Waals surface area contributed by atoms with Crippen LogP contribution in [-0.4, -0.2) is 42.5 Å². The van der Waals surface area contributed by atoms with Crippen molar-refractivity contribution < 1.29 is 31.5 Å². The maximum atomic E-state index is 12.5. The number of alkyl halides is 3. The van der Waals surface area contributed by atoms with E-state index in [1.54, 1.807) is 22.6 Å². The lowest BCUT2D eigenvalue weighted by Gasteiger charge is -2.38. The van der Waals surface area contributed by atoms with Crippen LogP contribution in [0.1, 0.15) is 12.0 Å². The molecule has 3 heterocycles. The van der Waals surface area contributed by atoms with Gasteiger partial charge < -0.3 is 13.8 Å². The van der Waals surface area contributed by atoms with Crippen LogP contribution < -0.4 is 14.6 Å². The Bertz CT molecular complexity index is 1470. The minimum atomic E-state index is -4.79. The molecule has 0 radical (unpaired) electrons. The van der Waals surface area contributed by atoms with Crippen molar-refractivity contribution in [2.45, 2.75) is 19.3 Å². The van der Waals surface area contributed by atoms with Gasteiger partial charge in [-0.15, -0.1) is 23.9 Å². The molecule has 1 fully saturated rings. The molecule has 9 nitrogen and oxygen atoms in total. The van der Waals surface area contributed by atoms with E-state index >= 15 is 0 Å². The van der Waals surface area contributed by atoms with Gasteiger partial charge >= 0.3 is 6.36 Å². The summed E-state index contributed by atoms with van der Waals surface area (Å²) < 4.78 is 69.9. The third-order valence-electron chi connectivity index (χ3n) is 5.69. The van der Waals surface area contributed by atoms with Crippen LogP contribution in [0.2, 0.25) is 0 Å². The van der Waals surface area contributed by atoms with Crippen LogP contribution in [-0.2, 0) is 6.54 Å². The van der Waals surface area contributed by atoms with Gasteiger partial charge in [-0.2, -0.15) is 4.98 Å². The lowest BCUT2D eigenvalue weighted by atomic mass is 10.2. The van der Waals surface area contributed by atoms with Crippen molar-refractivity contribution in [3.8, 4) is 28.6 Å². The number of benzene rings is 2. The Morgan fingerprint density at radius 1 is 1.05 bits per heavy atom. The van der Waals surface area contributed by atoms with Gasteiger partial charge in [0, 0.05) is 24.4 Å². The molecule has 1 aliphatic rings. The van der Waals surface area contributed by atoms with Gasteiger partial charge in [-0.25, -0.2) is 0 Å². The lowest BCUT2D eigenvalue weighted by molar-refractivity contribution is -0.274. The topological polar surface area (TPSA) is 114 Å². The number of anilines is 1. The molecule has 0 saturated carbocycles. The maximum absolute atomic E-state index is 12.5. The summed E-state index contributed by atoms with van der Waals surface area (Å²) in [6.07, 6.45) is -2.54. The summed E-state index contributed by atoms with van der Waals surface area (Å²) in [6.45, 7) is 0.758. The molecule has 2 aromatic heterocycles. The number of nitrogens with zero attached hydrogens (tertiary/aromatic N) is 4. The SMILES string of the molecule is O=c1ccc(-c2nc(-c3ccc(OC(F)(F)F)cc3)no2)cn1Cc1cccc(N2CCCS2(O)O)c1. The van der Waals surface area contributed by atoms with Crippen LogP contribution >= 0.6 is 10.8 Å². The van der Waals surface area contributed by atoms with E-state index in [4.69, 9.17) is 4.52 Å². The molecule has 0 spiro atoms. The van der Waals surface area contributed by atoms with Crippen molar-refractivity contribution in [1.82, 2.24) is 14.7 Å². The number of pyridine rings is 1. The summed E-state index contributed by atoms with van der Waals surface area (Å²) in [6, 6.07) is 15.2. The van der Waals surface area contributed by atoms with Crippen molar-refractivity contribution in [1.29, 1.82) is 0 Å². The van der Waals surface area contributed by atoms with E-state index in [1.165, 1.54) is 28.8 Å².